The fraction of sp³-hybridized carbons (Fsp3) is 0.833. The number of rotatable bonds is 4. The monoisotopic (exact) mass is 252 g/mol. The molecule has 0 N–H and O–H groups in total. The maximum atomic E-state index is 11.9. The lowest BCUT2D eigenvalue weighted by molar-refractivity contribution is -0.129. The quantitative estimate of drug-likeness (QED) is 0.511. The zero-order chi connectivity index (χ0) is 12.0. The molecule has 1 aliphatic carbocycles. The number of hydrogen-bond donors (Lipinski definition) is 0. The maximum Gasteiger partial charge on any atom is 0.389 e. The number of hydrogen-bond acceptors (Lipinski definition) is 1. The highest BCUT2D eigenvalue weighted by atomic mass is 32.2. The molecule has 0 aromatic rings. The smallest absolute Gasteiger partial charge is 0.171 e. The van der Waals surface area contributed by atoms with Crippen molar-refractivity contribution < 1.29 is 13.2 Å². The molecule has 1 saturated carbocycles. The first-order chi connectivity index (χ1) is 7.51. The summed E-state index contributed by atoms with van der Waals surface area (Å²) in [6, 6.07) is 0. The Morgan fingerprint density at radius 1 is 1.31 bits per heavy atom. The normalized spacial score (nSPS) is 22.2. The molecule has 0 bridgehead atoms. The summed E-state index contributed by atoms with van der Waals surface area (Å²) >= 11 is 1.46. The Morgan fingerprint density at radius 2 is 1.94 bits per heavy atom. The minimum atomic E-state index is -3.99. The van der Waals surface area contributed by atoms with Crippen molar-refractivity contribution in [2.45, 2.75) is 45.2 Å². The Morgan fingerprint density at radius 3 is 2.44 bits per heavy atom. The average Bonchev–Trinajstić information content (AvgIpc) is 2.24. The van der Waals surface area contributed by atoms with Crippen molar-refractivity contribution in [3.8, 4) is 0 Å². The molecule has 0 spiro atoms. The van der Waals surface area contributed by atoms with Crippen LogP contribution in [0.4, 0.5) is 13.2 Å². The molecule has 0 aromatic carbocycles. The molecule has 0 aliphatic heterocycles. The zero-order valence-corrected chi connectivity index (χ0v) is 10.5. The fourth-order valence-corrected chi connectivity index (χ4v) is 3.15. The Labute approximate surface area is 99.7 Å². The Bertz CT molecular complexity index is 223. The largest absolute Gasteiger partial charge is 0.389 e. The summed E-state index contributed by atoms with van der Waals surface area (Å²) in [5.41, 5.74) is 1.51. The highest BCUT2D eigenvalue weighted by molar-refractivity contribution is 7.99. The van der Waals surface area contributed by atoms with E-state index in [1.165, 1.54) is 17.3 Å². The molecule has 0 nitrogen and oxygen atoms in total. The molecular weight excluding hydrogens is 233 g/mol. The summed E-state index contributed by atoms with van der Waals surface area (Å²) in [5, 5.41) is 0. The minimum absolute atomic E-state index is 0.219. The second-order valence-corrected chi connectivity index (χ2v) is 5.48. The van der Waals surface area contributed by atoms with Gasteiger partial charge in [0.15, 0.2) is 0 Å². The fourth-order valence-electron chi connectivity index (χ4n) is 1.94. The van der Waals surface area contributed by atoms with Gasteiger partial charge in [-0.3, -0.25) is 0 Å². The van der Waals surface area contributed by atoms with E-state index >= 15 is 0 Å². The molecule has 0 amide bonds. The standard InChI is InChI=1S/C12H19F3S/c1-2-10-3-5-11(6-4-10)9-16-8-7-12(13,14)15/h2,11H,3-9H2,1H3. The van der Waals surface area contributed by atoms with Gasteiger partial charge in [0.05, 0.1) is 6.42 Å². The van der Waals surface area contributed by atoms with Crippen LogP contribution < -0.4 is 0 Å². The van der Waals surface area contributed by atoms with E-state index < -0.39 is 12.6 Å². The van der Waals surface area contributed by atoms with Crippen LogP contribution in [-0.4, -0.2) is 17.7 Å². The third-order valence-corrected chi connectivity index (χ3v) is 4.24. The second-order valence-electron chi connectivity index (χ2n) is 4.33. The van der Waals surface area contributed by atoms with Crippen LogP contribution in [0.3, 0.4) is 0 Å². The van der Waals surface area contributed by atoms with E-state index in [1.54, 1.807) is 0 Å². The lowest BCUT2D eigenvalue weighted by atomic mass is 9.87. The van der Waals surface area contributed by atoms with E-state index in [2.05, 4.69) is 13.0 Å². The summed E-state index contributed by atoms with van der Waals surface area (Å²) in [6.07, 6.45) is 2.12. The summed E-state index contributed by atoms with van der Waals surface area (Å²) < 4.78 is 35.7. The van der Waals surface area contributed by atoms with E-state index in [-0.39, 0.29) is 5.75 Å². The molecule has 0 heterocycles. The Hall–Kier alpha value is -0.120. The molecule has 0 unspecified atom stereocenters. The predicted octanol–water partition coefficient (Wildman–Crippen LogP) is 4.81. The number of thioether (sulfide) groups is 1. The number of halogens is 3. The van der Waals surface area contributed by atoms with Gasteiger partial charge in [-0.15, -0.1) is 0 Å². The lowest BCUT2D eigenvalue weighted by Crippen LogP contribution is -2.12. The molecule has 4 heteroatoms. The first kappa shape index (κ1) is 13.9. The molecule has 94 valence electrons. The van der Waals surface area contributed by atoms with Crippen LogP contribution in [0.1, 0.15) is 39.0 Å². The van der Waals surface area contributed by atoms with Gasteiger partial charge in [-0.25, -0.2) is 0 Å². The van der Waals surface area contributed by atoms with Crippen LogP contribution in [0.2, 0.25) is 0 Å². The van der Waals surface area contributed by atoms with Crippen molar-refractivity contribution in [2.24, 2.45) is 5.92 Å². The SMILES string of the molecule is CC=C1CCC(CSCCC(F)(F)F)CC1. The van der Waals surface area contributed by atoms with Gasteiger partial charge in [-0.2, -0.15) is 24.9 Å². The van der Waals surface area contributed by atoms with Gasteiger partial charge in [0.2, 0.25) is 0 Å². The third-order valence-electron chi connectivity index (χ3n) is 3.04. The molecule has 0 radical (unpaired) electrons. The zero-order valence-electron chi connectivity index (χ0n) is 9.65. The summed E-state index contributed by atoms with van der Waals surface area (Å²) in [6.45, 7) is 2.06. The van der Waals surface area contributed by atoms with Gasteiger partial charge in [0.25, 0.3) is 0 Å². The average molecular weight is 252 g/mol. The van der Waals surface area contributed by atoms with E-state index in [0.29, 0.717) is 5.92 Å². The molecule has 0 aromatic heterocycles. The van der Waals surface area contributed by atoms with Gasteiger partial charge < -0.3 is 0 Å². The van der Waals surface area contributed by atoms with Crippen LogP contribution in [0, 0.1) is 5.92 Å². The van der Waals surface area contributed by atoms with Crippen LogP contribution in [0.25, 0.3) is 0 Å². The highest BCUT2D eigenvalue weighted by Gasteiger charge is 2.26. The van der Waals surface area contributed by atoms with Crippen LogP contribution in [-0.2, 0) is 0 Å². The van der Waals surface area contributed by atoms with Crippen molar-refractivity contribution in [2.75, 3.05) is 11.5 Å². The van der Waals surface area contributed by atoms with Crippen molar-refractivity contribution >= 4 is 11.8 Å². The van der Waals surface area contributed by atoms with E-state index in [0.717, 1.165) is 31.4 Å². The van der Waals surface area contributed by atoms with Crippen molar-refractivity contribution in [1.29, 1.82) is 0 Å². The van der Waals surface area contributed by atoms with Gasteiger partial charge in [-0.05, 0) is 44.3 Å². The summed E-state index contributed by atoms with van der Waals surface area (Å²) in [7, 11) is 0. The first-order valence-electron chi connectivity index (χ1n) is 5.80. The molecule has 0 atom stereocenters. The highest BCUT2D eigenvalue weighted by Crippen LogP contribution is 2.31. The predicted molar refractivity (Wildman–Crippen MR) is 63.7 cm³/mol. The first-order valence-corrected chi connectivity index (χ1v) is 6.95. The van der Waals surface area contributed by atoms with Crippen LogP contribution in [0.15, 0.2) is 11.6 Å². The minimum Gasteiger partial charge on any atom is -0.171 e. The maximum absolute atomic E-state index is 11.9. The van der Waals surface area contributed by atoms with Crippen LogP contribution in [0.5, 0.6) is 0 Å². The van der Waals surface area contributed by atoms with Gasteiger partial charge in [0.1, 0.15) is 0 Å². The molecule has 16 heavy (non-hydrogen) atoms. The van der Waals surface area contributed by atoms with Crippen molar-refractivity contribution in [1.82, 2.24) is 0 Å². The van der Waals surface area contributed by atoms with E-state index in [1.807, 2.05) is 0 Å². The Balaban J connectivity index is 2.07. The topological polar surface area (TPSA) is 0 Å². The second kappa shape index (κ2) is 6.58. The van der Waals surface area contributed by atoms with Crippen LogP contribution >= 0.6 is 11.8 Å². The summed E-state index contributed by atoms with van der Waals surface area (Å²) in [4.78, 5) is 0. The molecular formula is C12H19F3S. The lowest BCUT2D eigenvalue weighted by Gasteiger charge is -2.23. The molecule has 0 saturated heterocycles. The van der Waals surface area contributed by atoms with Gasteiger partial charge >= 0.3 is 6.18 Å². The van der Waals surface area contributed by atoms with Crippen molar-refractivity contribution in [3.05, 3.63) is 11.6 Å². The number of alkyl halides is 3. The van der Waals surface area contributed by atoms with Crippen molar-refractivity contribution in [3.63, 3.8) is 0 Å². The molecule has 1 aliphatic rings. The summed E-state index contributed by atoms with van der Waals surface area (Å²) in [5.74, 6) is 1.74. The number of allylic oxidation sites excluding steroid dienone is 2. The van der Waals surface area contributed by atoms with Gasteiger partial charge in [0, 0.05) is 5.75 Å². The Kier molecular flexibility index (Phi) is 5.73. The van der Waals surface area contributed by atoms with Gasteiger partial charge in [-0.1, -0.05) is 11.6 Å². The third kappa shape index (κ3) is 5.83. The van der Waals surface area contributed by atoms with E-state index in [4.69, 9.17) is 0 Å². The molecule has 1 rings (SSSR count). The van der Waals surface area contributed by atoms with E-state index in [9.17, 15) is 13.2 Å². The molecule has 1 fully saturated rings.